The molecule has 0 heterocycles. The number of methoxy groups -OCH3 is 1. The first kappa shape index (κ1) is 21.2. The molecule has 1 aromatic rings. The van der Waals surface area contributed by atoms with Gasteiger partial charge in [0, 0.05) is 27.1 Å². The van der Waals surface area contributed by atoms with Crippen molar-refractivity contribution >= 4 is 17.6 Å². The van der Waals surface area contributed by atoms with Crippen LogP contribution in [0.3, 0.4) is 0 Å². The Balaban J connectivity index is 2.17. The lowest BCUT2D eigenvalue weighted by Crippen LogP contribution is -2.38. The van der Waals surface area contributed by atoms with Gasteiger partial charge in [0.2, 0.25) is 0 Å². The van der Waals surface area contributed by atoms with Gasteiger partial charge in [-0.3, -0.25) is 0 Å². The van der Waals surface area contributed by atoms with Crippen LogP contribution in [0, 0.1) is 0 Å². The molecule has 150 valence electrons. The number of aliphatic imine (C=N–C) groups is 1. The van der Waals surface area contributed by atoms with Crippen LogP contribution in [0.15, 0.2) is 23.2 Å². The van der Waals surface area contributed by atoms with Crippen molar-refractivity contribution in [3.8, 4) is 0 Å². The molecule has 1 aliphatic rings. The summed E-state index contributed by atoms with van der Waals surface area (Å²) in [6, 6.07) is 5.30. The van der Waals surface area contributed by atoms with Gasteiger partial charge in [-0.2, -0.15) is 0 Å². The van der Waals surface area contributed by atoms with Crippen molar-refractivity contribution in [1.82, 2.24) is 10.2 Å². The molecular weight excluding hydrogens is 346 g/mol. The summed E-state index contributed by atoms with van der Waals surface area (Å²) in [4.78, 5) is 18.8. The standard InChI is InChI=1S/C20H31N3O4/c1-13(23(5)9-10-26-6)21-15-8-7-14-11-17(24)18(16(14)12-15)22-19(25)27-20(2,3)4/h7-8,12,17-18,24H,9-11H2,1-6H3,(H,22,25)/t17-,18-/m1/s1. The number of carbonyl (C=O) groups is 1. The van der Waals surface area contributed by atoms with Gasteiger partial charge in [0.15, 0.2) is 0 Å². The van der Waals surface area contributed by atoms with E-state index in [2.05, 4.69) is 10.3 Å². The number of fused-ring (bicyclic) bond motifs is 1. The maximum absolute atomic E-state index is 12.1. The van der Waals surface area contributed by atoms with E-state index in [-0.39, 0.29) is 0 Å². The Labute approximate surface area is 161 Å². The third-order valence-electron chi connectivity index (χ3n) is 4.42. The van der Waals surface area contributed by atoms with Crippen LogP contribution >= 0.6 is 0 Å². The van der Waals surface area contributed by atoms with Crippen molar-refractivity contribution in [3.05, 3.63) is 29.3 Å². The molecule has 7 heteroatoms. The average Bonchev–Trinajstić information content (AvgIpc) is 2.86. The van der Waals surface area contributed by atoms with Gasteiger partial charge in [0.05, 0.1) is 24.4 Å². The topological polar surface area (TPSA) is 83.4 Å². The molecule has 0 unspecified atom stereocenters. The molecule has 1 aliphatic carbocycles. The van der Waals surface area contributed by atoms with Gasteiger partial charge in [-0.25, -0.2) is 9.79 Å². The number of alkyl carbamates (subject to hydrolysis) is 1. The number of hydrogen-bond acceptors (Lipinski definition) is 5. The summed E-state index contributed by atoms with van der Waals surface area (Å²) >= 11 is 0. The second kappa shape index (κ2) is 8.71. The van der Waals surface area contributed by atoms with Crippen molar-refractivity contribution in [2.24, 2.45) is 4.99 Å². The zero-order valence-electron chi connectivity index (χ0n) is 17.1. The van der Waals surface area contributed by atoms with Crippen LogP contribution in [0.2, 0.25) is 0 Å². The number of carbonyl (C=O) groups excluding carboxylic acids is 1. The van der Waals surface area contributed by atoms with E-state index >= 15 is 0 Å². The first-order chi connectivity index (χ1) is 12.6. The third-order valence-corrected chi connectivity index (χ3v) is 4.42. The van der Waals surface area contributed by atoms with Gasteiger partial charge in [-0.1, -0.05) is 6.07 Å². The molecule has 2 rings (SSSR count). The molecule has 7 nitrogen and oxygen atoms in total. The summed E-state index contributed by atoms with van der Waals surface area (Å²) in [6.07, 6.45) is -0.729. The SMILES string of the molecule is COCCN(C)C(C)=Nc1ccc2c(c1)[C@@H](NC(=O)OC(C)(C)C)[C@H](O)C2. The first-order valence-electron chi connectivity index (χ1n) is 9.16. The molecule has 0 aromatic heterocycles. The highest BCUT2D eigenvalue weighted by Gasteiger charge is 2.33. The molecule has 0 aliphatic heterocycles. The average molecular weight is 377 g/mol. The Morgan fingerprint density at radius 3 is 2.74 bits per heavy atom. The number of nitrogens with zero attached hydrogens (tertiary/aromatic N) is 2. The highest BCUT2D eigenvalue weighted by molar-refractivity contribution is 5.82. The van der Waals surface area contributed by atoms with Crippen LogP contribution in [0.5, 0.6) is 0 Å². The van der Waals surface area contributed by atoms with Gasteiger partial charge in [0.25, 0.3) is 0 Å². The Hall–Kier alpha value is -2.12. The molecular formula is C20H31N3O4. The lowest BCUT2D eigenvalue weighted by atomic mass is 10.1. The summed E-state index contributed by atoms with van der Waals surface area (Å²) in [5.74, 6) is 0.863. The van der Waals surface area contributed by atoms with Crippen molar-refractivity contribution in [3.63, 3.8) is 0 Å². The van der Waals surface area contributed by atoms with Gasteiger partial charge in [0.1, 0.15) is 11.4 Å². The fraction of sp³-hybridized carbons (Fsp3) is 0.600. The molecule has 1 aromatic carbocycles. The molecule has 0 radical (unpaired) electrons. The van der Waals surface area contributed by atoms with Crippen molar-refractivity contribution in [1.29, 1.82) is 0 Å². The van der Waals surface area contributed by atoms with Gasteiger partial charge >= 0.3 is 6.09 Å². The molecule has 0 spiro atoms. The second-order valence-electron chi connectivity index (χ2n) is 7.85. The van der Waals surface area contributed by atoms with E-state index in [0.29, 0.717) is 13.0 Å². The maximum Gasteiger partial charge on any atom is 0.408 e. The minimum absolute atomic E-state index is 0.493. The minimum Gasteiger partial charge on any atom is -0.444 e. The molecule has 2 N–H and O–H groups in total. The van der Waals surface area contributed by atoms with E-state index in [9.17, 15) is 9.90 Å². The minimum atomic E-state index is -0.683. The van der Waals surface area contributed by atoms with Crippen LogP contribution in [-0.4, -0.2) is 60.9 Å². The van der Waals surface area contributed by atoms with Crippen LogP contribution in [0.25, 0.3) is 0 Å². The molecule has 0 saturated carbocycles. The fourth-order valence-electron chi connectivity index (χ4n) is 2.95. The fourth-order valence-corrected chi connectivity index (χ4v) is 2.95. The predicted octanol–water partition coefficient (Wildman–Crippen LogP) is 2.80. The van der Waals surface area contributed by atoms with Crippen molar-refractivity contribution in [2.45, 2.75) is 51.9 Å². The number of benzene rings is 1. The molecule has 2 atom stereocenters. The Kier molecular flexibility index (Phi) is 6.84. The van der Waals surface area contributed by atoms with E-state index in [0.717, 1.165) is 29.2 Å². The van der Waals surface area contributed by atoms with Crippen LogP contribution in [0.1, 0.15) is 44.9 Å². The van der Waals surface area contributed by atoms with Crippen molar-refractivity contribution < 1.29 is 19.4 Å². The quantitative estimate of drug-likeness (QED) is 0.609. The monoisotopic (exact) mass is 377 g/mol. The zero-order chi connectivity index (χ0) is 20.2. The predicted molar refractivity (Wildman–Crippen MR) is 106 cm³/mol. The Bertz CT molecular complexity index is 697. The maximum atomic E-state index is 12.1. The number of amidine groups is 1. The van der Waals surface area contributed by atoms with E-state index < -0.39 is 23.8 Å². The Morgan fingerprint density at radius 2 is 2.11 bits per heavy atom. The zero-order valence-corrected chi connectivity index (χ0v) is 17.1. The summed E-state index contributed by atoms with van der Waals surface area (Å²) in [5.41, 5.74) is 2.07. The highest BCUT2D eigenvalue weighted by Crippen LogP contribution is 2.34. The number of aliphatic hydroxyl groups is 1. The normalized spacial score (nSPS) is 19.6. The van der Waals surface area contributed by atoms with Gasteiger partial charge < -0.3 is 24.8 Å². The van der Waals surface area contributed by atoms with Crippen molar-refractivity contribution in [2.75, 3.05) is 27.3 Å². The van der Waals surface area contributed by atoms with E-state index in [1.165, 1.54) is 0 Å². The number of likely N-dealkylation sites (N-methyl/N-ethyl adjacent to an activating group) is 1. The summed E-state index contributed by atoms with van der Waals surface area (Å²) in [6.45, 7) is 8.73. The number of ether oxygens (including phenoxy) is 2. The van der Waals surface area contributed by atoms with Crippen LogP contribution in [-0.2, 0) is 15.9 Å². The van der Waals surface area contributed by atoms with Gasteiger partial charge in [-0.15, -0.1) is 0 Å². The van der Waals surface area contributed by atoms with Crippen LogP contribution in [0.4, 0.5) is 10.5 Å². The molecule has 0 bridgehead atoms. The molecule has 27 heavy (non-hydrogen) atoms. The van der Waals surface area contributed by atoms with E-state index in [1.807, 2.05) is 37.1 Å². The third kappa shape index (κ3) is 5.94. The smallest absolute Gasteiger partial charge is 0.408 e. The van der Waals surface area contributed by atoms with Crippen LogP contribution < -0.4 is 5.32 Å². The summed E-state index contributed by atoms with van der Waals surface area (Å²) in [7, 11) is 3.63. The summed E-state index contributed by atoms with van der Waals surface area (Å²) < 4.78 is 10.4. The molecule has 1 amide bonds. The first-order valence-corrected chi connectivity index (χ1v) is 9.16. The number of rotatable bonds is 5. The molecule has 0 fully saturated rings. The molecule has 0 saturated heterocycles. The highest BCUT2D eigenvalue weighted by atomic mass is 16.6. The summed E-state index contributed by atoms with van der Waals surface area (Å²) in [5, 5.41) is 13.2. The number of nitrogens with one attached hydrogen (secondary N) is 1. The number of amides is 1. The number of hydrogen-bond donors (Lipinski definition) is 2. The largest absolute Gasteiger partial charge is 0.444 e. The lowest BCUT2D eigenvalue weighted by molar-refractivity contribution is 0.0438. The van der Waals surface area contributed by atoms with Gasteiger partial charge in [-0.05, 0) is 51.0 Å². The van der Waals surface area contributed by atoms with E-state index in [1.54, 1.807) is 27.9 Å². The number of aliphatic hydroxyl groups excluding tert-OH is 1. The lowest BCUT2D eigenvalue weighted by Gasteiger charge is -2.23. The second-order valence-corrected chi connectivity index (χ2v) is 7.85. The van der Waals surface area contributed by atoms with E-state index in [4.69, 9.17) is 9.47 Å². The Morgan fingerprint density at radius 1 is 1.41 bits per heavy atom.